The summed E-state index contributed by atoms with van der Waals surface area (Å²) in [7, 11) is 3.34. The van der Waals surface area contributed by atoms with Crippen LogP contribution in [0.4, 0.5) is 0 Å². The minimum absolute atomic E-state index is 0.0167. The van der Waals surface area contributed by atoms with Gasteiger partial charge in [-0.3, -0.25) is 4.90 Å². The van der Waals surface area contributed by atoms with Crippen molar-refractivity contribution in [2.24, 2.45) is 0 Å². The van der Waals surface area contributed by atoms with Gasteiger partial charge in [-0.25, -0.2) is 0 Å². The first-order valence-electron chi connectivity index (χ1n) is 9.51. The van der Waals surface area contributed by atoms with Crippen molar-refractivity contribution in [2.75, 3.05) is 40.5 Å². The molecule has 2 unspecified atom stereocenters. The smallest absolute Gasteiger partial charge is 0.203 e. The maximum absolute atomic E-state index is 6.05. The fraction of sp³-hybridized carbons (Fsp3) is 0.714. The lowest BCUT2D eigenvalue weighted by Gasteiger charge is -2.35. The van der Waals surface area contributed by atoms with Gasteiger partial charge in [0, 0.05) is 19.6 Å². The molecule has 5 heteroatoms. The monoisotopic (exact) mass is 365 g/mol. The number of morpholine rings is 1. The first-order chi connectivity index (χ1) is 12.2. The third-order valence-corrected chi connectivity index (χ3v) is 4.69. The lowest BCUT2D eigenvalue weighted by molar-refractivity contribution is -0.0686. The van der Waals surface area contributed by atoms with Gasteiger partial charge in [0.1, 0.15) is 0 Å². The number of hydrogen-bond donors (Lipinski definition) is 0. The molecule has 0 bridgehead atoms. The Kier molecular flexibility index (Phi) is 7.18. The van der Waals surface area contributed by atoms with Crippen LogP contribution in [-0.4, -0.2) is 57.6 Å². The number of nitrogens with zero attached hydrogens (tertiary/aromatic N) is 1. The Morgan fingerprint density at radius 3 is 2.04 bits per heavy atom. The van der Waals surface area contributed by atoms with Gasteiger partial charge in [0.25, 0.3) is 0 Å². The van der Waals surface area contributed by atoms with Crippen molar-refractivity contribution in [3.05, 3.63) is 17.7 Å². The van der Waals surface area contributed by atoms with Gasteiger partial charge in [0.2, 0.25) is 5.75 Å². The summed E-state index contributed by atoms with van der Waals surface area (Å²) in [6.07, 6.45) is 1.54. The van der Waals surface area contributed by atoms with Gasteiger partial charge in [-0.2, -0.15) is 0 Å². The van der Waals surface area contributed by atoms with Crippen LogP contribution in [0.1, 0.15) is 46.6 Å². The molecule has 148 valence electrons. The van der Waals surface area contributed by atoms with E-state index >= 15 is 0 Å². The molecule has 0 spiro atoms. The maximum Gasteiger partial charge on any atom is 0.203 e. The molecule has 1 aliphatic rings. The second-order valence-electron chi connectivity index (χ2n) is 8.18. The quantitative estimate of drug-likeness (QED) is 0.686. The van der Waals surface area contributed by atoms with Gasteiger partial charge in [-0.05, 0) is 43.4 Å². The van der Waals surface area contributed by atoms with Gasteiger partial charge in [-0.15, -0.1) is 0 Å². The Bertz CT molecular complexity index is 547. The van der Waals surface area contributed by atoms with E-state index in [4.69, 9.17) is 18.9 Å². The highest BCUT2D eigenvalue weighted by molar-refractivity contribution is 5.55. The van der Waals surface area contributed by atoms with Crippen LogP contribution >= 0.6 is 0 Å². The summed E-state index contributed by atoms with van der Waals surface area (Å²) in [5.74, 6) is 2.14. The second kappa shape index (κ2) is 8.96. The highest BCUT2D eigenvalue weighted by atomic mass is 16.5. The summed E-state index contributed by atoms with van der Waals surface area (Å²) in [4.78, 5) is 2.44. The summed E-state index contributed by atoms with van der Waals surface area (Å²) in [6, 6.07) is 4.09. The Morgan fingerprint density at radius 1 is 1.04 bits per heavy atom. The zero-order valence-electron chi connectivity index (χ0n) is 17.4. The summed E-state index contributed by atoms with van der Waals surface area (Å²) in [5.41, 5.74) is 1.18. The number of rotatable bonds is 7. The van der Waals surface area contributed by atoms with Crippen molar-refractivity contribution in [2.45, 2.75) is 58.7 Å². The van der Waals surface area contributed by atoms with Crippen LogP contribution in [0.5, 0.6) is 17.2 Å². The molecule has 2 atom stereocenters. The SMILES string of the molecule is COc1cc(C(C)(C)C)cc(OC)c1OCCCN1CC(C)OC(C)C1. The van der Waals surface area contributed by atoms with Crippen LogP contribution in [0.25, 0.3) is 0 Å². The minimum atomic E-state index is 0.0167. The van der Waals surface area contributed by atoms with Crippen LogP contribution in [0.2, 0.25) is 0 Å². The number of benzene rings is 1. The average Bonchev–Trinajstić information content (AvgIpc) is 2.56. The molecule has 1 aromatic rings. The van der Waals surface area contributed by atoms with Crippen molar-refractivity contribution in [1.29, 1.82) is 0 Å². The Hall–Kier alpha value is -1.46. The predicted molar refractivity (Wildman–Crippen MR) is 105 cm³/mol. The number of methoxy groups -OCH3 is 2. The normalized spacial score (nSPS) is 21.5. The first-order valence-corrected chi connectivity index (χ1v) is 9.51. The molecule has 1 fully saturated rings. The molecule has 0 aromatic heterocycles. The largest absolute Gasteiger partial charge is 0.493 e. The third-order valence-electron chi connectivity index (χ3n) is 4.69. The molecule has 0 saturated carbocycles. The molecule has 1 saturated heterocycles. The van der Waals surface area contributed by atoms with E-state index < -0.39 is 0 Å². The third kappa shape index (κ3) is 5.52. The Morgan fingerprint density at radius 2 is 1.58 bits per heavy atom. The fourth-order valence-corrected chi connectivity index (χ4v) is 3.38. The van der Waals surface area contributed by atoms with Gasteiger partial charge in [0.05, 0.1) is 33.0 Å². The standard InChI is InChI=1S/C21H35NO4/c1-15-13-22(14-16(2)26-15)9-8-10-25-20-18(23-6)11-17(21(3,4)5)12-19(20)24-7/h11-12,15-16H,8-10,13-14H2,1-7H3. The van der Waals surface area contributed by atoms with E-state index in [1.165, 1.54) is 0 Å². The topological polar surface area (TPSA) is 40.2 Å². The molecule has 5 nitrogen and oxygen atoms in total. The first kappa shape index (κ1) is 20.8. The van der Waals surface area contributed by atoms with E-state index in [2.05, 4.69) is 39.5 Å². The molecule has 1 aromatic carbocycles. The summed E-state index contributed by atoms with van der Waals surface area (Å²) >= 11 is 0. The van der Waals surface area contributed by atoms with Gasteiger partial charge in [-0.1, -0.05) is 20.8 Å². The fourth-order valence-electron chi connectivity index (χ4n) is 3.38. The van der Waals surface area contributed by atoms with E-state index in [9.17, 15) is 0 Å². The predicted octanol–water partition coefficient (Wildman–Crippen LogP) is 3.88. The van der Waals surface area contributed by atoms with E-state index in [1.807, 2.05) is 12.1 Å². The zero-order valence-corrected chi connectivity index (χ0v) is 17.4. The lowest BCUT2D eigenvalue weighted by atomic mass is 9.86. The van der Waals surface area contributed by atoms with Crippen LogP contribution in [0.3, 0.4) is 0 Å². The average molecular weight is 366 g/mol. The molecular weight excluding hydrogens is 330 g/mol. The van der Waals surface area contributed by atoms with Gasteiger partial charge >= 0.3 is 0 Å². The van der Waals surface area contributed by atoms with Crippen LogP contribution in [-0.2, 0) is 10.2 Å². The maximum atomic E-state index is 6.05. The van der Waals surface area contributed by atoms with E-state index in [0.29, 0.717) is 24.6 Å². The van der Waals surface area contributed by atoms with Crippen molar-refractivity contribution in [3.8, 4) is 17.2 Å². The van der Waals surface area contributed by atoms with Crippen LogP contribution in [0.15, 0.2) is 12.1 Å². The second-order valence-corrected chi connectivity index (χ2v) is 8.18. The van der Waals surface area contributed by atoms with Crippen molar-refractivity contribution < 1.29 is 18.9 Å². The van der Waals surface area contributed by atoms with E-state index in [-0.39, 0.29) is 5.41 Å². The van der Waals surface area contributed by atoms with Crippen molar-refractivity contribution in [1.82, 2.24) is 4.90 Å². The summed E-state index contributed by atoms with van der Waals surface area (Å²) in [6.45, 7) is 14.4. The number of hydrogen-bond acceptors (Lipinski definition) is 5. The highest BCUT2D eigenvalue weighted by Gasteiger charge is 2.23. The van der Waals surface area contributed by atoms with E-state index in [1.54, 1.807) is 14.2 Å². The number of ether oxygens (including phenoxy) is 4. The molecule has 0 radical (unpaired) electrons. The molecule has 0 aliphatic carbocycles. The van der Waals surface area contributed by atoms with Crippen LogP contribution in [0, 0.1) is 0 Å². The molecular formula is C21H35NO4. The molecule has 0 amide bonds. The van der Waals surface area contributed by atoms with Crippen LogP contribution < -0.4 is 14.2 Å². The Balaban J connectivity index is 1.98. The molecule has 26 heavy (non-hydrogen) atoms. The highest BCUT2D eigenvalue weighted by Crippen LogP contribution is 2.41. The molecule has 0 N–H and O–H groups in total. The van der Waals surface area contributed by atoms with Gasteiger partial charge in [0.15, 0.2) is 11.5 Å². The minimum Gasteiger partial charge on any atom is -0.493 e. The van der Waals surface area contributed by atoms with Gasteiger partial charge < -0.3 is 18.9 Å². The molecule has 1 heterocycles. The molecule has 1 aliphatic heterocycles. The Labute approximate surface area is 158 Å². The summed E-state index contributed by atoms with van der Waals surface area (Å²) in [5, 5.41) is 0. The van der Waals surface area contributed by atoms with E-state index in [0.717, 1.165) is 43.1 Å². The van der Waals surface area contributed by atoms with Crippen molar-refractivity contribution >= 4 is 0 Å². The zero-order chi connectivity index (χ0) is 19.3. The molecule has 2 rings (SSSR count). The summed E-state index contributed by atoms with van der Waals surface area (Å²) < 4.78 is 23.0. The van der Waals surface area contributed by atoms with Crippen molar-refractivity contribution in [3.63, 3.8) is 0 Å². The lowest BCUT2D eigenvalue weighted by Crippen LogP contribution is -2.45.